The van der Waals surface area contributed by atoms with Crippen molar-refractivity contribution in [1.29, 1.82) is 0 Å². The van der Waals surface area contributed by atoms with Gasteiger partial charge in [-0.2, -0.15) is 4.68 Å². The first-order valence-electron chi connectivity index (χ1n) is 7.40. The summed E-state index contributed by atoms with van der Waals surface area (Å²) >= 11 is 3.33. The highest BCUT2D eigenvalue weighted by molar-refractivity contribution is 9.10. The zero-order chi connectivity index (χ0) is 16.7. The summed E-state index contributed by atoms with van der Waals surface area (Å²) in [5, 5.41) is 15.0. The van der Waals surface area contributed by atoms with Crippen molar-refractivity contribution in [2.24, 2.45) is 0 Å². The van der Waals surface area contributed by atoms with Crippen LogP contribution in [0.3, 0.4) is 0 Å². The molecule has 0 radical (unpaired) electrons. The van der Waals surface area contributed by atoms with E-state index < -0.39 is 0 Å². The molecule has 1 aromatic heterocycles. The zero-order valence-corrected chi connectivity index (χ0v) is 14.3. The monoisotopic (exact) mass is 385 g/mol. The summed E-state index contributed by atoms with van der Waals surface area (Å²) < 4.78 is 16.2. The van der Waals surface area contributed by atoms with Crippen LogP contribution in [0.2, 0.25) is 0 Å². The quantitative estimate of drug-likeness (QED) is 0.725. The van der Waals surface area contributed by atoms with Crippen LogP contribution < -0.4 is 5.32 Å². The molecule has 4 rings (SSSR count). The molecule has 0 fully saturated rings. The van der Waals surface area contributed by atoms with Crippen molar-refractivity contribution in [3.8, 4) is 0 Å². The van der Waals surface area contributed by atoms with E-state index in [0.29, 0.717) is 10.4 Å². The van der Waals surface area contributed by atoms with Crippen LogP contribution in [0.25, 0.3) is 5.70 Å². The first-order valence-corrected chi connectivity index (χ1v) is 8.19. The Hall–Kier alpha value is -2.54. The molecule has 1 N–H and O–H groups in total. The molecule has 0 amide bonds. The van der Waals surface area contributed by atoms with Gasteiger partial charge in [-0.05, 0) is 47.2 Å². The lowest BCUT2D eigenvalue weighted by atomic mass is 10.0. The third-order valence-electron chi connectivity index (χ3n) is 3.88. The molecule has 0 saturated heterocycles. The van der Waals surface area contributed by atoms with Crippen LogP contribution in [0.15, 0.2) is 53.0 Å². The maximum Gasteiger partial charge on any atom is 0.248 e. The van der Waals surface area contributed by atoms with Crippen LogP contribution in [0.5, 0.6) is 0 Å². The Balaban J connectivity index is 1.84. The molecule has 0 spiro atoms. The number of nitrogens with zero attached hydrogens (tertiary/aromatic N) is 4. The highest BCUT2D eigenvalue weighted by Crippen LogP contribution is 2.32. The molecule has 24 heavy (non-hydrogen) atoms. The molecular weight excluding hydrogens is 373 g/mol. The van der Waals surface area contributed by atoms with Crippen molar-refractivity contribution < 1.29 is 4.39 Å². The number of aryl methyl sites for hydroxylation is 1. The summed E-state index contributed by atoms with van der Waals surface area (Å²) in [6, 6.07) is 12.8. The number of tetrazole rings is 1. The van der Waals surface area contributed by atoms with Crippen LogP contribution >= 0.6 is 15.9 Å². The summed E-state index contributed by atoms with van der Waals surface area (Å²) in [6.07, 6.45) is 2.00. The van der Waals surface area contributed by atoms with Gasteiger partial charge in [0.2, 0.25) is 5.95 Å². The summed E-state index contributed by atoms with van der Waals surface area (Å²) in [7, 11) is 0. The summed E-state index contributed by atoms with van der Waals surface area (Å²) in [4.78, 5) is 0. The SMILES string of the molecule is Cc1cccc(C2C=C(c3cc(F)cc(Br)c3)Nc3nnnn32)c1. The lowest BCUT2D eigenvalue weighted by molar-refractivity contribution is 0.585. The number of anilines is 1. The van der Waals surface area contributed by atoms with Crippen molar-refractivity contribution in [3.63, 3.8) is 0 Å². The maximum absolute atomic E-state index is 13.8. The van der Waals surface area contributed by atoms with E-state index in [2.05, 4.69) is 42.8 Å². The van der Waals surface area contributed by atoms with Crippen molar-refractivity contribution in [3.05, 3.63) is 75.5 Å². The normalized spacial score (nSPS) is 16.3. The van der Waals surface area contributed by atoms with E-state index in [0.717, 1.165) is 22.4 Å². The van der Waals surface area contributed by atoms with Crippen LogP contribution in [-0.2, 0) is 0 Å². The van der Waals surface area contributed by atoms with Crippen LogP contribution in [0.1, 0.15) is 22.7 Å². The molecule has 0 saturated carbocycles. The van der Waals surface area contributed by atoms with Gasteiger partial charge in [0.25, 0.3) is 0 Å². The first kappa shape index (κ1) is 15.0. The highest BCUT2D eigenvalue weighted by atomic mass is 79.9. The first-order chi connectivity index (χ1) is 11.6. The van der Waals surface area contributed by atoms with Gasteiger partial charge in [-0.1, -0.05) is 50.9 Å². The Morgan fingerprint density at radius 3 is 2.88 bits per heavy atom. The lowest BCUT2D eigenvalue weighted by Gasteiger charge is -2.23. The second-order valence-corrected chi connectivity index (χ2v) is 6.59. The number of benzene rings is 2. The van der Waals surface area contributed by atoms with E-state index in [9.17, 15) is 4.39 Å². The predicted octanol–water partition coefficient (Wildman–Crippen LogP) is 3.94. The number of hydrogen-bond donors (Lipinski definition) is 1. The second kappa shape index (κ2) is 5.83. The van der Waals surface area contributed by atoms with E-state index in [4.69, 9.17) is 0 Å². The fourth-order valence-corrected chi connectivity index (χ4v) is 3.29. The fourth-order valence-electron chi connectivity index (χ4n) is 2.82. The standard InChI is InChI=1S/C17H13BrFN5/c1-10-3-2-4-11(5-10)16-9-15(20-17-21-22-23-24(16)17)12-6-13(18)8-14(19)7-12/h2-9,16H,1H3,(H,20,21,23). The molecule has 7 heteroatoms. The second-order valence-electron chi connectivity index (χ2n) is 5.67. The Kier molecular flexibility index (Phi) is 3.65. The third kappa shape index (κ3) is 2.71. The summed E-state index contributed by atoms with van der Waals surface area (Å²) in [5.41, 5.74) is 3.72. The van der Waals surface area contributed by atoms with Gasteiger partial charge < -0.3 is 5.32 Å². The molecule has 0 bridgehead atoms. The molecule has 1 aliphatic rings. The minimum absolute atomic E-state index is 0.159. The van der Waals surface area contributed by atoms with Gasteiger partial charge in [-0.15, -0.1) is 0 Å². The molecule has 2 heterocycles. The smallest absolute Gasteiger partial charge is 0.248 e. The molecule has 0 aliphatic carbocycles. The molecule has 1 atom stereocenters. The molecule has 3 aromatic rings. The van der Waals surface area contributed by atoms with Crippen molar-refractivity contribution in [2.45, 2.75) is 13.0 Å². The van der Waals surface area contributed by atoms with Crippen LogP contribution in [0.4, 0.5) is 10.3 Å². The number of hydrogen-bond acceptors (Lipinski definition) is 4. The van der Waals surface area contributed by atoms with Gasteiger partial charge in [0.05, 0.1) is 0 Å². The number of nitrogens with one attached hydrogen (secondary N) is 1. The highest BCUT2D eigenvalue weighted by Gasteiger charge is 2.24. The molecule has 120 valence electrons. The minimum Gasteiger partial charge on any atom is -0.323 e. The Morgan fingerprint density at radius 1 is 1.21 bits per heavy atom. The van der Waals surface area contributed by atoms with Gasteiger partial charge in [0, 0.05) is 15.7 Å². The van der Waals surface area contributed by atoms with Gasteiger partial charge >= 0.3 is 0 Å². The molecule has 2 aromatic carbocycles. The number of fused-ring (bicyclic) bond motifs is 1. The molecule has 1 aliphatic heterocycles. The van der Waals surface area contributed by atoms with E-state index in [-0.39, 0.29) is 11.9 Å². The van der Waals surface area contributed by atoms with Crippen molar-refractivity contribution in [2.75, 3.05) is 5.32 Å². The lowest BCUT2D eigenvalue weighted by Crippen LogP contribution is -2.20. The zero-order valence-electron chi connectivity index (χ0n) is 12.7. The number of halogens is 2. The largest absolute Gasteiger partial charge is 0.323 e. The van der Waals surface area contributed by atoms with E-state index in [1.807, 2.05) is 37.3 Å². The van der Waals surface area contributed by atoms with Crippen molar-refractivity contribution in [1.82, 2.24) is 20.2 Å². The summed E-state index contributed by atoms with van der Waals surface area (Å²) in [5.74, 6) is 0.221. The van der Waals surface area contributed by atoms with Crippen molar-refractivity contribution >= 4 is 27.6 Å². The van der Waals surface area contributed by atoms with E-state index >= 15 is 0 Å². The Bertz CT molecular complexity index is 929. The van der Waals surface area contributed by atoms with Gasteiger partial charge in [0.15, 0.2) is 0 Å². The Labute approximate surface area is 146 Å². The Morgan fingerprint density at radius 2 is 2.08 bits per heavy atom. The van der Waals surface area contributed by atoms with Gasteiger partial charge in [-0.3, -0.25) is 0 Å². The van der Waals surface area contributed by atoms with Gasteiger partial charge in [-0.25, -0.2) is 4.39 Å². The fraction of sp³-hybridized carbons (Fsp3) is 0.118. The van der Waals surface area contributed by atoms with Crippen LogP contribution in [-0.4, -0.2) is 20.2 Å². The molecule has 1 unspecified atom stereocenters. The number of rotatable bonds is 2. The maximum atomic E-state index is 13.8. The summed E-state index contributed by atoms with van der Waals surface area (Å²) in [6.45, 7) is 2.04. The van der Waals surface area contributed by atoms with E-state index in [1.54, 1.807) is 4.68 Å². The number of aromatic nitrogens is 4. The van der Waals surface area contributed by atoms with E-state index in [1.165, 1.54) is 12.1 Å². The number of allylic oxidation sites excluding steroid dienone is 1. The van der Waals surface area contributed by atoms with Crippen LogP contribution in [0, 0.1) is 12.7 Å². The van der Waals surface area contributed by atoms with Gasteiger partial charge in [0.1, 0.15) is 11.9 Å². The third-order valence-corrected chi connectivity index (χ3v) is 4.34. The average molecular weight is 386 g/mol. The predicted molar refractivity (Wildman–Crippen MR) is 92.8 cm³/mol. The topological polar surface area (TPSA) is 55.6 Å². The molecular formula is C17H13BrFN5. The minimum atomic E-state index is -0.306. The average Bonchev–Trinajstić information content (AvgIpc) is 3.01. The molecule has 5 nitrogen and oxygen atoms in total.